The molecule has 82 valence electrons. The molecule has 1 aromatic rings. The van der Waals surface area contributed by atoms with E-state index in [4.69, 9.17) is 0 Å². The van der Waals surface area contributed by atoms with Gasteiger partial charge in [0.05, 0.1) is 0 Å². The highest BCUT2D eigenvalue weighted by molar-refractivity contribution is 5.49. The maximum Gasteiger partial charge on any atom is 0.0135 e. The first kappa shape index (κ1) is 12.0. The van der Waals surface area contributed by atoms with Crippen molar-refractivity contribution >= 4 is 6.08 Å². The maximum absolute atomic E-state index is 3.09. The zero-order valence-electron chi connectivity index (χ0n) is 9.96. The Morgan fingerprint density at radius 2 is 1.87 bits per heavy atom. The van der Waals surface area contributed by atoms with Gasteiger partial charge in [0, 0.05) is 6.54 Å². The molecule has 0 bridgehead atoms. The van der Waals surface area contributed by atoms with E-state index in [9.17, 15) is 0 Å². The molecule has 0 heterocycles. The maximum atomic E-state index is 3.09. The smallest absolute Gasteiger partial charge is 0.0135 e. The Hall–Kier alpha value is -1.08. The van der Waals surface area contributed by atoms with Crippen molar-refractivity contribution in [3.05, 3.63) is 41.5 Å². The minimum absolute atomic E-state index is 0.732. The van der Waals surface area contributed by atoms with Crippen LogP contribution in [0.1, 0.15) is 25.0 Å². The minimum atomic E-state index is 0.732. The molecule has 1 nitrogen and oxygen atoms in total. The summed E-state index contributed by atoms with van der Waals surface area (Å²) in [6.45, 7) is 5.43. The third-order valence-corrected chi connectivity index (χ3v) is 2.26. The molecule has 1 aromatic carbocycles. The first-order valence-electron chi connectivity index (χ1n) is 5.62. The lowest BCUT2D eigenvalue weighted by atomic mass is 10.0. The lowest BCUT2D eigenvalue weighted by Gasteiger charge is -2.04. The van der Waals surface area contributed by atoms with Crippen molar-refractivity contribution in [3.8, 4) is 0 Å². The highest BCUT2D eigenvalue weighted by atomic mass is 14.8. The highest BCUT2D eigenvalue weighted by Gasteiger charge is 1.96. The van der Waals surface area contributed by atoms with Crippen LogP contribution in [0, 0.1) is 5.92 Å². The molecular formula is C14H21N. The number of hydrogen-bond donors (Lipinski definition) is 1. The SMILES string of the molecule is CNCC=Cc1ccc(CC(C)C)cc1. The van der Waals surface area contributed by atoms with Crippen LogP contribution in [0.3, 0.4) is 0 Å². The third kappa shape index (κ3) is 4.80. The van der Waals surface area contributed by atoms with Gasteiger partial charge in [0.15, 0.2) is 0 Å². The van der Waals surface area contributed by atoms with E-state index >= 15 is 0 Å². The normalized spacial score (nSPS) is 11.5. The van der Waals surface area contributed by atoms with Crippen LogP contribution in [0.25, 0.3) is 6.08 Å². The molecule has 0 saturated heterocycles. The van der Waals surface area contributed by atoms with E-state index < -0.39 is 0 Å². The Labute approximate surface area is 93.2 Å². The lowest BCUT2D eigenvalue weighted by molar-refractivity contribution is 0.647. The molecule has 0 aliphatic carbocycles. The Morgan fingerprint density at radius 3 is 2.40 bits per heavy atom. The van der Waals surface area contributed by atoms with Crippen molar-refractivity contribution in [3.63, 3.8) is 0 Å². The summed E-state index contributed by atoms with van der Waals surface area (Å²) >= 11 is 0. The Kier molecular flexibility index (Phi) is 5.13. The van der Waals surface area contributed by atoms with E-state index in [1.807, 2.05) is 7.05 Å². The number of likely N-dealkylation sites (N-methyl/N-ethyl adjacent to an activating group) is 1. The Morgan fingerprint density at radius 1 is 1.20 bits per heavy atom. The van der Waals surface area contributed by atoms with Crippen LogP contribution in [-0.4, -0.2) is 13.6 Å². The average molecular weight is 203 g/mol. The van der Waals surface area contributed by atoms with Gasteiger partial charge in [0.1, 0.15) is 0 Å². The van der Waals surface area contributed by atoms with Gasteiger partial charge in [-0.25, -0.2) is 0 Å². The number of hydrogen-bond acceptors (Lipinski definition) is 1. The molecule has 1 rings (SSSR count). The molecule has 0 aliphatic rings. The second-order valence-corrected chi connectivity index (χ2v) is 4.30. The number of benzene rings is 1. The Bertz CT molecular complexity index is 296. The summed E-state index contributed by atoms with van der Waals surface area (Å²) < 4.78 is 0. The van der Waals surface area contributed by atoms with Gasteiger partial charge in [-0.2, -0.15) is 0 Å². The Balaban J connectivity index is 2.56. The second kappa shape index (κ2) is 6.41. The predicted octanol–water partition coefficient (Wildman–Crippen LogP) is 3.12. The van der Waals surface area contributed by atoms with Crippen LogP contribution in [0.5, 0.6) is 0 Å². The molecule has 15 heavy (non-hydrogen) atoms. The fourth-order valence-electron chi connectivity index (χ4n) is 1.55. The molecule has 0 aliphatic heterocycles. The van der Waals surface area contributed by atoms with Crippen molar-refractivity contribution in [2.24, 2.45) is 5.92 Å². The van der Waals surface area contributed by atoms with Crippen molar-refractivity contribution in [2.45, 2.75) is 20.3 Å². The van der Waals surface area contributed by atoms with Crippen LogP contribution in [-0.2, 0) is 6.42 Å². The molecule has 0 saturated carbocycles. The van der Waals surface area contributed by atoms with Gasteiger partial charge in [0.25, 0.3) is 0 Å². The van der Waals surface area contributed by atoms with E-state index in [2.05, 4.69) is 55.6 Å². The van der Waals surface area contributed by atoms with Crippen LogP contribution >= 0.6 is 0 Å². The van der Waals surface area contributed by atoms with Crippen molar-refractivity contribution in [1.82, 2.24) is 5.32 Å². The van der Waals surface area contributed by atoms with Gasteiger partial charge in [0.2, 0.25) is 0 Å². The fraction of sp³-hybridized carbons (Fsp3) is 0.429. The first-order chi connectivity index (χ1) is 7.22. The van der Waals surface area contributed by atoms with Gasteiger partial charge >= 0.3 is 0 Å². The quantitative estimate of drug-likeness (QED) is 0.775. The van der Waals surface area contributed by atoms with Gasteiger partial charge in [-0.1, -0.05) is 50.3 Å². The number of rotatable bonds is 5. The molecule has 1 heteroatoms. The van der Waals surface area contributed by atoms with E-state index in [1.165, 1.54) is 17.5 Å². The highest BCUT2D eigenvalue weighted by Crippen LogP contribution is 2.10. The predicted molar refractivity (Wildman–Crippen MR) is 67.9 cm³/mol. The summed E-state index contributed by atoms with van der Waals surface area (Å²) in [5.41, 5.74) is 2.70. The summed E-state index contributed by atoms with van der Waals surface area (Å²) in [6.07, 6.45) is 5.45. The van der Waals surface area contributed by atoms with Gasteiger partial charge in [-0.05, 0) is 30.5 Å². The molecule has 0 spiro atoms. The van der Waals surface area contributed by atoms with E-state index in [0.29, 0.717) is 0 Å². The molecule has 0 amide bonds. The summed E-state index contributed by atoms with van der Waals surface area (Å²) in [5, 5.41) is 3.09. The summed E-state index contributed by atoms with van der Waals surface area (Å²) in [7, 11) is 1.95. The summed E-state index contributed by atoms with van der Waals surface area (Å²) in [4.78, 5) is 0. The van der Waals surface area contributed by atoms with E-state index in [-0.39, 0.29) is 0 Å². The molecule has 0 radical (unpaired) electrons. The van der Waals surface area contributed by atoms with E-state index in [0.717, 1.165) is 12.5 Å². The van der Waals surface area contributed by atoms with Crippen molar-refractivity contribution < 1.29 is 0 Å². The largest absolute Gasteiger partial charge is 0.316 e. The molecule has 1 N–H and O–H groups in total. The topological polar surface area (TPSA) is 12.0 Å². The molecular weight excluding hydrogens is 182 g/mol. The zero-order chi connectivity index (χ0) is 11.1. The number of nitrogens with one attached hydrogen (secondary N) is 1. The zero-order valence-corrected chi connectivity index (χ0v) is 9.96. The first-order valence-corrected chi connectivity index (χ1v) is 5.62. The van der Waals surface area contributed by atoms with Crippen LogP contribution in [0.2, 0.25) is 0 Å². The van der Waals surface area contributed by atoms with Crippen molar-refractivity contribution in [2.75, 3.05) is 13.6 Å². The minimum Gasteiger partial charge on any atom is -0.316 e. The summed E-state index contributed by atoms with van der Waals surface area (Å²) in [5.74, 6) is 0.732. The molecule has 0 aromatic heterocycles. The van der Waals surface area contributed by atoms with Crippen LogP contribution in [0.4, 0.5) is 0 Å². The van der Waals surface area contributed by atoms with Gasteiger partial charge < -0.3 is 5.32 Å². The van der Waals surface area contributed by atoms with E-state index in [1.54, 1.807) is 0 Å². The van der Waals surface area contributed by atoms with Crippen LogP contribution in [0.15, 0.2) is 30.3 Å². The van der Waals surface area contributed by atoms with Gasteiger partial charge in [-0.3, -0.25) is 0 Å². The van der Waals surface area contributed by atoms with Gasteiger partial charge in [-0.15, -0.1) is 0 Å². The molecule has 0 atom stereocenters. The van der Waals surface area contributed by atoms with Crippen LogP contribution < -0.4 is 5.32 Å². The third-order valence-electron chi connectivity index (χ3n) is 2.26. The summed E-state index contributed by atoms with van der Waals surface area (Å²) in [6, 6.07) is 8.81. The van der Waals surface area contributed by atoms with Crippen molar-refractivity contribution in [1.29, 1.82) is 0 Å². The molecule has 0 fully saturated rings. The average Bonchev–Trinajstić information content (AvgIpc) is 2.20. The lowest BCUT2D eigenvalue weighted by Crippen LogP contribution is -2.03. The molecule has 0 unspecified atom stereocenters. The fourth-order valence-corrected chi connectivity index (χ4v) is 1.55. The monoisotopic (exact) mass is 203 g/mol. The second-order valence-electron chi connectivity index (χ2n) is 4.30. The standard InChI is InChI=1S/C14H21N/c1-12(2)11-14-8-6-13(7-9-14)5-4-10-15-3/h4-9,12,15H,10-11H2,1-3H3.